The number of amides is 1. The molecule has 1 unspecified atom stereocenters. The van der Waals surface area contributed by atoms with Crippen LogP contribution >= 0.6 is 0 Å². The molecule has 1 aromatic rings. The van der Waals surface area contributed by atoms with Crippen molar-refractivity contribution in [3.8, 4) is 0 Å². The fourth-order valence-corrected chi connectivity index (χ4v) is 2.31. The standard InChI is InChI=1S/C17H28N2O3/c1-4-8-16(15-9-5-6-11-18-15)19(2)17(20)10-7-12-22-14-13-21-3/h5-6,9,11,16H,4,7-8,10,12-14H2,1-3H3. The second kappa shape index (κ2) is 11.2. The van der Waals surface area contributed by atoms with Gasteiger partial charge in [0, 0.05) is 33.4 Å². The summed E-state index contributed by atoms with van der Waals surface area (Å²) in [5, 5.41) is 0. The molecule has 0 aliphatic heterocycles. The van der Waals surface area contributed by atoms with Crippen LogP contribution in [0.4, 0.5) is 0 Å². The van der Waals surface area contributed by atoms with E-state index in [2.05, 4.69) is 11.9 Å². The Morgan fingerprint density at radius 2 is 2.14 bits per heavy atom. The molecular weight excluding hydrogens is 280 g/mol. The molecular formula is C17H28N2O3. The summed E-state index contributed by atoms with van der Waals surface area (Å²) in [4.78, 5) is 18.6. The Labute approximate surface area is 133 Å². The van der Waals surface area contributed by atoms with Gasteiger partial charge >= 0.3 is 0 Å². The van der Waals surface area contributed by atoms with Gasteiger partial charge in [-0.15, -0.1) is 0 Å². The molecule has 0 aliphatic carbocycles. The van der Waals surface area contributed by atoms with Gasteiger partial charge in [-0.05, 0) is 25.0 Å². The zero-order valence-electron chi connectivity index (χ0n) is 14.0. The number of ether oxygens (including phenoxy) is 2. The molecule has 0 aromatic carbocycles. The third kappa shape index (κ3) is 6.54. The molecule has 0 spiro atoms. The maximum Gasteiger partial charge on any atom is 0.222 e. The first-order valence-corrected chi connectivity index (χ1v) is 7.94. The van der Waals surface area contributed by atoms with E-state index < -0.39 is 0 Å². The van der Waals surface area contributed by atoms with Crippen molar-refractivity contribution in [2.75, 3.05) is 34.0 Å². The van der Waals surface area contributed by atoms with Crippen molar-refractivity contribution in [3.63, 3.8) is 0 Å². The van der Waals surface area contributed by atoms with Crippen molar-refractivity contribution >= 4 is 5.91 Å². The first-order valence-electron chi connectivity index (χ1n) is 7.94. The molecule has 1 amide bonds. The first kappa shape index (κ1) is 18.6. The van der Waals surface area contributed by atoms with Crippen LogP contribution in [0.25, 0.3) is 0 Å². The lowest BCUT2D eigenvalue weighted by Crippen LogP contribution is -2.31. The van der Waals surface area contributed by atoms with Crippen LogP contribution in [0.3, 0.4) is 0 Å². The fourth-order valence-electron chi connectivity index (χ4n) is 2.31. The molecule has 124 valence electrons. The molecule has 5 heteroatoms. The molecule has 1 rings (SSSR count). The summed E-state index contributed by atoms with van der Waals surface area (Å²) in [7, 11) is 3.51. The number of nitrogens with zero attached hydrogens (tertiary/aromatic N) is 2. The monoisotopic (exact) mass is 308 g/mol. The Kier molecular flexibility index (Phi) is 9.42. The second-order valence-corrected chi connectivity index (χ2v) is 5.27. The quantitative estimate of drug-likeness (QED) is 0.590. The second-order valence-electron chi connectivity index (χ2n) is 5.27. The molecule has 0 saturated carbocycles. The van der Waals surface area contributed by atoms with E-state index in [1.54, 1.807) is 13.3 Å². The van der Waals surface area contributed by atoms with E-state index in [0.717, 1.165) is 25.0 Å². The molecule has 0 radical (unpaired) electrons. The summed E-state index contributed by atoms with van der Waals surface area (Å²) in [6, 6.07) is 5.89. The highest BCUT2D eigenvalue weighted by Crippen LogP contribution is 2.23. The van der Waals surface area contributed by atoms with E-state index in [1.807, 2.05) is 30.1 Å². The summed E-state index contributed by atoms with van der Waals surface area (Å²) in [6.45, 7) is 3.88. The van der Waals surface area contributed by atoms with Crippen LogP contribution < -0.4 is 0 Å². The van der Waals surface area contributed by atoms with Crippen LogP contribution in [-0.4, -0.2) is 49.8 Å². The molecule has 0 aliphatic rings. The average molecular weight is 308 g/mol. The minimum absolute atomic E-state index is 0.0492. The zero-order valence-corrected chi connectivity index (χ0v) is 14.0. The van der Waals surface area contributed by atoms with Gasteiger partial charge in [0.1, 0.15) is 0 Å². The van der Waals surface area contributed by atoms with Crippen molar-refractivity contribution in [2.24, 2.45) is 0 Å². The number of methoxy groups -OCH3 is 1. The molecule has 0 N–H and O–H groups in total. The highest BCUT2D eigenvalue weighted by molar-refractivity contribution is 5.76. The number of rotatable bonds is 11. The minimum Gasteiger partial charge on any atom is -0.382 e. The molecule has 0 fully saturated rings. The molecule has 1 atom stereocenters. The number of hydrogen-bond donors (Lipinski definition) is 0. The molecule has 1 aromatic heterocycles. The molecule has 22 heavy (non-hydrogen) atoms. The van der Waals surface area contributed by atoms with Gasteiger partial charge in [0.05, 0.1) is 24.9 Å². The highest BCUT2D eigenvalue weighted by Gasteiger charge is 2.21. The van der Waals surface area contributed by atoms with E-state index in [1.165, 1.54) is 0 Å². The predicted molar refractivity (Wildman–Crippen MR) is 86.6 cm³/mol. The normalized spacial score (nSPS) is 12.1. The van der Waals surface area contributed by atoms with Gasteiger partial charge in [-0.25, -0.2) is 0 Å². The number of hydrogen-bond acceptors (Lipinski definition) is 4. The lowest BCUT2D eigenvalue weighted by atomic mass is 10.1. The van der Waals surface area contributed by atoms with Crippen LogP contribution in [0.5, 0.6) is 0 Å². The smallest absolute Gasteiger partial charge is 0.222 e. The van der Waals surface area contributed by atoms with Crippen LogP contribution in [0.2, 0.25) is 0 Å². The summed E-state index contributed by atoms with van der Waals surface area (Å²) in [5.74, 6) is 0.138. The Morgan fingerprint density at radius 1 is 1.32 bits per heavy atom. The van der Waals surface area contributed by atoms with E-state index in [4.69, 9.17) is 9.47 Å². The van der Waals surface area contributed by atoms with Gasteiger partial charge in [0.2, 0.25) is 5.91 Å². The molecule has 5 nitrogen and oxygen atoms in total. The SMILES string of the molecule is CCCC(c1ccccn1)N(C)C(=O)CCCOCCOC. The number of pyridine rings is 1. The van der Waals surface area contributed by atoms with Gasteiger partial charge in [0.15, 0.2) is 0 Å². The van der Waals surface area contributed by atoms with Gasteiger partial charge in [0.25, 0.3) is 0 Å². The van der Waals surface area contributed by atoms with Gasteiger partial charge in [-0.1, -0.05) is 19.4 Å². The van der Waals surface area contributed by atoms with Crippen molar-refractivity contribution in [2.45, 2.75) is 38.6 Å². The maximum atomic E-state index is 12.3. The van der Waals surface area contributed by atoms with E-state index >= 15 is 0 Å². The summed E-state index contributed by atoms with van der Waals surface area (Å²) in [5.41, 5.74) is 0.955. The summed E-state index contributed by atoms with van der Waals surface area (Å²) < 4.78 is 10.3. The molecule has 1 heterocycles. The van der Waals surface area contributed by atoms with Crippen molar-refractivity contribution in [1.29, 1.82) is 0 Å². The average Bonchev–Trinajstić information content (AvgIpc) is 2.55. The van der Waals surface area contributed by atoms with E-state index in [0.29, 0.717) is 26.2 Å². The van der Waals surface area contributed by atoms with Gasteiger partial charge in [-0.3, -0.25) is 9.78 Å². The summed E-state index contributed by atoms with van der Waals surface area (Å²) in [6.07, 6.45) is 4.94. The number of carbonyl (C=O) groups excluding carboxylic acids is 1. The molecule has 0 saturated heterocycles. The number of carbonyl (C=O) groups is 1. The number of aromatic nitrogens is 1. The van der Waals surface area contributed by atoms with Crippen molar-refractivity contribution < 1.29 is 14.3 Å². The Bertz CT molecular complexity index is 412. The minimum atomic E-state index is 0.0492. The molecule has 0 bridgehead atoms. The highest BCUT2D eigenvalue weighted by atomic mass is 16.5. The third-order valence-electron chi connectivity index (χ3n) is 3.56. The van der Waals surface area contributed by atoms with Gasteiger partial charge in [-0.2, -0.15) is 0 Å². The lowest BCUT2D eigenvalue weighted by Gasteiger charge is -2.27. The topological polar surface area (TPSA) is 51.7 Å². The van der Waals surface area contributed by atoms with Crippen molar-refractivity contribution in [1.82, 2.24) is 9.88 Å². The Hall–Kier alpha value is -1.46. The first-order chi connectivity index (χ1) is 10.7. The third-order valence-corrected chi connectivity index (χ3v) is 3.56. The van der Waals surface area contributed by atoms with Gasteiger partial charge < -0.3 is 14.4 Å². The van der Waals surface area contributed by atoms with E-state index in [9.17, 15) is 4.79 Å². The van der Waals surface area contributed by atoms with Crippen LogP contribution in [0.1, 0.15) is 44.3 Å². The lowest BCUT2D eigenvalue weighted by molar-refractivity contribution is -0.132. The van der Waals surface area contributed by atoms with Crippen LogP contribution in [0.15, 0.2) is 24.4 Å². The largest absolute Gasteiger partial charge is 0.382 e. The van der Waals surface area contributed by atoms with Crippen LogP contribution in [-0.2, 0) is 14.3 Å². The summed E-state index contributed by atoms with van der Waals surface area (Å²) >= 11 is 0. The van der Waals surface area contributed by atoms with E-state index in [-0.39, 0.29) is 11.9 Å². The van der Waals surface area contributed by atoms with Crippen LogP contribution in [0, 0.1) is 0 Å². The fraction of sp³-hybridized carbons (Fsp3) is 0.647. The predicted octanol–water partition coefficient (Wildman–Crippen LogP) is 2.82. The Balaban J connectivity index is 2.44. The van der Waals surface area contributed by atoms with Crippen molar-refractivity contribution in [3.05, 3.63) is 30.1 Å². The Morgan fingerprint density at radius 3 is 2.77 bits per heavy atom. The maximum absolute atomic E-state index is 12.3. The zero-order chi connectivity index (χ0) is 16.2.